The highest BCUT2D eigenvalue weighted by atomic mass is 32.2. The van der Waals surface area contributed by atoms with Crippen LogP contribution in [-0.2, 0) is 0 Å². The Labute approximate surface area is 87.3 Å². The highest BCUT2D eigenvalue weighted by Gasteiger charge is 2.09. The van der Waals surface area contributed by atoms with Gasteiger partial charge < -0.3 is 4.98 Å². The van der Waals surface area contributed by atoms with Gasteiger partial charge in [-0.1, -0.05) is 6.92 Å². The lowest BCUT2D eigenvalue weighted by atomic mass is 10.2. The Morgan fingerprint density at radius 2 is 2.43 bits per heavy atom. The zero-order valence-corrected chi connectivity index (χ0v) is 9.14. The van der Waals surface area contributed by atoms with Crippen molar-refractivity contribution in [3.63, 3.8) is 0 Å². The minimum atomic E-state index is 0.470. The van der Waals surface area contributed by atoms with E-state index in [0.717, 1.165) is 22.6 Å². The maximum atomic E-state index is 4.52. The van der Waals surface area contributed by atoms with Crippen molar-refractivity contribution in [1.29, 1.82) is 0 Å². The maximum Gasteiger partial charge on any atom is 0.110 e. The van der Waals surface area contributed by atoms with Crippen LogP contribution in [0.4, 0.5) is 0 Å². The van der Waals surface area contributed by atoms with E-state index in [1.807, 2.05) is 24.0 Å². The smallest absolute Gasteiger partial charge is 0.110 e. The summed E-state index contributed by atoms with van der Waals surface area (Å²) >= 11 is 1.84. The minimum absolute atomic E-state index is 0.470. The Morgan fingerprint density at radius 1 is 1.57 bits per heavy atom. The van der Waals surface area contributed by atoms with E-state index in [9.17, 15) is 0 Å². The zero-order chi connectivity index (χ0) is 9.97. The highest BCUT2D eigenvalue weighted by Crippen LogP contribution is 2.19. The molecule has 0 aliphatic carbocycles. The fraction of sp³-hybridized carbons (Fsp3) is 0.400. The van der Waals surface area contributed by atoms with E-state index in [1.54, 1.807) is 6.20 Å². The first-order chi connectivity index (χ1) is 6.81. The van der Waals surface area contributed by atoms with Gasteiger partial charge in [0.05, 0.1) is 17.2 Å². The molecule has 0 bridgehead atoms. The number of nitrogens with zero attached hydrogens (tertiary/aromatic N) is 2. The summed E-state index contributed by atoms with van der Waals surface area (Å²) in [6, 6.07) is 1.93. The number of imidazole rings is 1. The standard InChI is InChI=1S/C10H13N3S/c1-7(6-14-2)10-12-8-3-4-11-5-9(8)13-10/h3-5,7H,6H2,1-2H3,(H,12,13). The van der Waals surface area contributed by atoms with Gasteiger partial charge in [0, 0.05) is 17.9 Å². The molecule has 1 N–H and O–H groups in total. The summed E-state index contributed by atoms with van der Waals surface area (Å²) in [5, 5.41) is 0. The Hall–Kier alpha value is -1.03. The van der Waals surface area contributed by atoms with E-state index in [-0.39, 0.29) is 0 Å². The van der Waals surface area contributed by atoms with Crippen LogP contribution < -0.4 is 0 Å². The average molecular weight is 207 g/mol. The SMILES string of the molecule is CSCC(C)c1nc2ccncc2[nH]1. The number of aromatic nitrogens is 3. The third-order valence-corrected chi connectivity index (χ3v) is 3.02. The monoisotopic (exact) mass is 207 g/mol. The number of hydrogen-bond acceptors (Lipinski definition) is 3. The molecule has 74 valence electrons. The van der Waals surface area contributed by atoms with Crippen LogP contribution in [0.2, 0.25) is 0 Å². The van der Waals surface area contributed by atoms with Gasteiger partial charge in [0.25, 0.3) is 0 Å². The second kappa shape index (κ2) is 4.00. The highest BCUT2D eigenvalue weighted by molar-refractivity contribution is 7.98. The number of fused-ring (bicyclic) bond motifs is 1. The molecule has 2 heterocycles. The zero-order valence-electron chi connectivity index (χ0n) is 8.32. The number of aromatic amines is 1. The molecule has 0 spiro atoms. The number of nitrogens with one attached hydrogen (secondary N) is 1. The van der Waals surface area contributed by atoms with Gasteiger partial charge in [-0.25, -0.2) is 4.98 Å². The van der Waals surface area contributed by atoms with Crippen LogP contribution in [0, 0.1) is 0 Å². The predicted molar refractivity (Wildman–Crippen MR) is 60.7 cm³/mol. The molecule has 2 aromatic heterocycles. The van der Waals surface area contributed by atoms with Crippen molar-refractivity contribution >= 4 is 22.8 Å². The number of pyridine rings is 1. The molecule has 2 rings (SSSR count). The van der Waals surface area contributed by atoms with Gasteiger partial charge >= 0.3 is 0 Å². The first-order valence-electron chi connectivity index (χ1n) is 4.60. The van der Waals surface area contributed by atoms with Crippen molar-refractivity contribution in [2.75, 3.05) is 12.0 Å². The van der Waals surface area contributed by atoms with Crippen LogP contribution in [0.15, 0.2) is 18.5 Å². The summed E-state index contributed by atoms with van der Waals surface area (Å²) in [6.07, 6.45) is 5.70. The largest absolute Gasteiger partial charge is 0.340 e. The van der Waals surface area contributed by atoms with E-state index < -0.39 is 0 Å². The van der Waals surface area contributed by atoms with Crippen molar-refractivity contribution in [3.8, 4) is 0 Å². The molecule has 1 unspecified atom stereocenters. The summed E-state index contributed by atoms with van der Waals surface area (Å²) in [5.74, 6) is 2.62. The van der Waals surface area contributed by atoms with E-state index in [4.69, 9.17) is 0 Å². The van der Waals surface area contributed by atoms with Gasteiger partial charge in [-0.3, -0.25) is 4.98 Å². The molecule has 1 atom stereocenters. The summed E-state index contributed by atoms with van der Waals surface area (Å²) in [4.78, 5) is 11.9. The third kappa shape index (κ3) is 1.75. The van der Waals surface area contributed by atoms with Crippen LogP contribution in [0.5, 0.6) is 0 Å². The molecular weight excluding hydrogens is 194 g/mol. The Bertz CT molecular complexity index is 391. The summed E-state index contributed by atoms with van der Waals surface area (Å²) in [7, 11) is 0. The molecule has 0 amide bonds. The number of thioether (sulfide) groups is 1. The quantitative estimate of drug-likeness (QED) is 0.840. The molecule has 0 saturated heterocycles. The van der Waals surface area contributed by atoms with Crippen LogP contribution in [0.3, 0.4) is 0 Å². The molecule has 0 radical (unpaired) electrons. The fourth-order valence-corrected chi connectivity index (χ4v) is 2.10. The van der Waals surface area contributed by atoms with Gasteiger partial charge in [-0.15, -0.1) is 0 Å². The van der Waals surface area contributed by atoms with Crippen LogP contribution in [0.25, 0.3) is 11.0 Å². The molecule has 0 saturated carbocycles. The Balaban J connectivity index is 2.35. The first kappa shape index (κ1) is 9.52. The van der Waals surface area contributed by atoms with Crippen LogP contribution in [-0.4, -0.2) is 27.0 Å². The third-order valence-electron chi connectivity index (χ3n) is 2.19. The van der Waals surface area contributed by atoms with Crippen molar-refractivity contribution in [2.45, 2.75) is 12.8 Å². The molecule has 4 heteroatoms. The lowest BCUT2D eigenvalue weighted by Crippen LogP contribution is -1.98. The van der Waals surface area contributed by atoms with E-state index in [1.165, 1.54) is 0 Å². The summed E-state index contributed by atoms with van der Waals surface area (Å²) < 4.78 is 0. The molecule has 14 heavy (non-hydrogen) atoms. The topological polar surface area (TPSA) is 41.6 Å². The average Bonchev–Trinajstić information content (AvgIpc) is 2.61. The maximum absolute atomic E-state index is 4.52. The second-order valence-corrected chi connectivity index (χ2v) is 4.28. The molecule has 3 nitrogen and oxygen atoms in total. The van der Waals surface area contributed by atoms with E-state index in [2.05, 4.69) is 28.1 Å². The van der Waals surface area contributed by atoms with E-state index in [0.29, 0.717) is 5.92 Å². The number of H-pyrrole nitrogens is 1. The lowest BCUT2D eigenvalue weighted by molar-refractivity contribution is 0.811. The van der Waals surface area contributed by atoms with Crippen molar-refractivity contribution in [3.05, 3.63) is 24.3 Å². The van der Waals surface area contributed by atoms with Gasteiger partial charge in [0.15, 0.2) is 0 Å². The fourth-order valence-electron chi connectivity index (χ4n) is 1.44. The van der Waals surface area contributed by atoms with Crippen molar-refractivity contribution < 1.29 is 0 Å². The normalized spacial score (nSPS) is 13.3. The Kier molecular flexibility index (Phi) is 2.72. The van der Waals surface area contributed by atoms with Gasteiger partial charge in [-0.2, -0.15) is 11.8 Å². The minimum Gasteiger partial charge on any atom is -0.340 e. The van der Waals surface area contributed by atoms with Gasteiger partial charge in [-0.05, 0) is 12.3 Å². The van der Waals surface area contributed by atoms with Gasteiger partial charge in [0.1, 0.15) is 5.82 Å². The summed E-state index contributed by atoms with van der Waals surface area (Å²) in [5.41, 5.74) is 2.03. The Morgan fingerprint density at radius 3 is 3.14 bits per heavy atom. The van der Waals surface area contributed by atoms with Crippen molar-refractivity contribution in [2.24, 2.45) is 0 Å². The number of rotatable bonds is 3. The second-order valence-electron chi connectivity index (χ2n) is 3.37. The molecule has 0 aliphatic rings. The number of hydrogen-bond donors (Lipinski definition) is 1. The van der Waals surface area contributed by atoms with Crippen LogP contribution >= 0.6 is 11.8 Å². The van der Waals surface area contributed by atoms with E-state index >= 15 is 0 Å². The van der Waals surface area contributed by atoms with Crippen LogP contribution in [0.1, 0.15) is 18.7 Å². The molecule has 2 aromatic rings. The first-order valence-corrected chi connectivity index (χ1v) is 5.99. The summed E-state index contributed by atoms with van der Waals surface area (Å²) in [6.45, 7) is 2.18. The lowest BCUT2D eigenvalue weighted by Gasteiger charge is -2.04. The molecule has 0 aromatic carbocycles. The molecule has 0 fully saturated rings. The van der Waals surface area contributed by atoms with Crippen molar-refractivity contribution in [1.82, 2.24) is 15.0 Å². The predicted octanol–water partition coefficient (Wildman–Crippen LogP) is 2.42. The molecule has 0 aliphatic heterocycles. The molecular formula is C10H13N3S. The van der Waals surface area contributed by atoms with Gasteiger partial charge in [0.2, 0.25) is 0 Å².